The van der Waals surface area contributed by atoms with Crippen molar-refractivity contribution >= 4 is 42.3 Å². The highest BCUT2D eigenvalue weighted by atomic mass is 79.9. The molecule has 0 aliphatic heterocycles. The van der Waals surface area contributed by atoms with Gasteiger partial charge in [-0.1, -0.05) is 34.1 Å². The van der Waals surface area contributed by atoms with Crippen molar-refractivity contribution in [3.8, 4) is 0 Å². The van der Waals surface area contributed by atoms with Crippen LogP contribution < -0.4 is 5.43 Å². The maximum Gasteiger partial charge on any atom is 0.229 e. The minimum atomic E-state index is -3.95. The monoisotopic (exact) mass is 380 g/mol. The normalized spacial score (nSPS) is 12.0. The first-order valence-corrected chi connectivity index (χ1v) is 8.59. The zero-order valence-electron chi connectivity index (χ0n) is 11.7. The summed E-state index contributed by atoms with van der Waals surface area (Å²) >= 11 is 3.30. The first-order chi connectivity index (χ1) is 10.4. The maximum atomic E-state index is 12.5. The van der Waals surface area contributed by atoms with E-state index in [2.05, 4.69) is 26.5 Å². The molecule has 0 atom stereocenters. The molecule has 0 heterocycles. The van der Waals surface area contributed by atoms with Gasteiger partial charge in [0.2, 0.25) is 14.9 Å². The van der Waals surface area contributed by atoms with Crippen molar-refractivity contribution in [1.29, 1.82) is 0 Å². The molecule has 0 amide bonds. The van der Waals surface area contributed by atoms with Crippen LogP contribution in [0, 0.1) is 0 Å². The van der Waals surface area contributed by atoms with E-state index in [9.17, 15) is 13.2 Å². The molecule has 7 heteroatoms. The molecule has 0 saturated heterocycles. The Balaban J connectivity index is 2.36. The van der Waals surface area contributed by atoms with Gasteiger partial charge in [-0.05, 0) is 36.4 Å². The lowest BCUT2D eigenvalue weighted by atomic mass is 10.3. The van der Waals surface area contributed by atoms with Crippen molar-refractivity contribution in [3.63, 3.8) is 0 Å². The molecule has 0 aliphatic carbocycles. The number of rotatable bonds is 4. The average molecular weight is 381 g/mol. The van der Waals surface area contributed by atoms with E-state index in [4.69, 9.17) is 0 Å². The molecule has 5 nitrogen and oxygen atoms in total. The number of hydrogen-bond donors (Lipinski definition) is 1. The molecule has 1 N–H and O–H groups in total. The van der Waals surface area contributed by atoms with Crippen LogP contribution in [0.4, 0.5) is 5.69 Å². The number of nitrogens with one attached hydrogen (secondary N) is 1. The van der Waals surface area contributed by atoms with Crippen LogP contribution in [-0.4, -0.2) is 19.2 Å². The lowest BCUT2D eigenvalue weighted by molar-refractivity contribution is -0.110. The Bertz CT molecular complexity index is 800. The van der Waals surface area contributed by atoms with Crippen molar-refractivity contribution in [2.75, 3.05) is 5.43 Å². The van der Waals surface area contributed by atoms with Gasteiger partial charge in [-0.25, -0.2) is 8.42 Å². The summed E-state index contributed by atoms with van der Waals surface area (Å²) < 4.78 is 25.8. The first kappa shape index (κ1) is 16.4. The van der Waals surface area contributed by atoms with E-state index < -0.39 is 20.7 Å². The van der Waals surface area contributed by atoms with Crippen LogP contribution in [0.1, 0.15) is 6.92 Å². The molecule has 2 aromatic rings. The van der Waals surface area contributed by atoms with Crippen molar-refractivity contribution < 1.29 is 13.2 Å². The lowest BCUT2D eigenvalue weighted by Crippen LogP contribution is -2.23. The Morgan fingerprint density at radius 1 is 1.05 bits per heavy atom. The maximum absolute atomic E-state index is 12.5. The van der Waals surface area contributed by atoms with Gasteiger partial charge in [0.1, 0.15) is 0 Å². The van der Waals surface area contributed by atoms with Crippen molar-refractivity contribution in [2.45, 2.75) is 11.8 Å². The number of carbonyl (C=O) groups excluding carboxylic acids is 1. The fraction of sp³-hybridized carbons (Fsp3) is 0.0667. The molecule has 2 aromatic carbocycles. The van der Waals surface area contributed by atoms with Gasteiger partial charge in [0, 0.05) is 11.4 Å². The highest BCUT2D eigenvalue weighted by Crippen LogP contribution is 2.16. The molecular formula is C15H13BrN2O3S. The Kier molecular flexibility index (Phi) is 5.10. The fourth-order valence-electron chi connectivity index (χ4n) is 1.68. The molecule has 0 aromatic heterocycles. The van der Waals surface area contributed by atoms with Crippen LogP contribution >= 0.6 is 15.9 Å². The summed E-state index contributed by atoms with van der Waals surface area (Å²) in [6.45, 7) is 1.17. The Hall–Kier alpha value is -1.99. The second-order valence-electron chi connectivity index (χ2n) is 4.41. The third kappa shape index (κ3) is 3.80. The molecule has 0 bridgehead atoms. The summed E-state index contributed by atoms with van der Waals surface area (Å²) in [6.07, 6.45) is 0. The number of Topliss-reactive ketones (excluding diaryl/α,β-unsaturated/α-hetero) is 1. The number of hydrogen-bond acceptors (Lipinski definition) is 5. The second-order valence-corrected chi connectivity index (χ2v) is 7.19. The standard InChI is InChI=1S/C15H13BrN2O3S/c1-11(19)15(18-17-13-9-7-12(16)8-10-13)22(20,21)14-5-3-2-4-6-14/h2-10,17H,1H3. The van der Waals surface area contributed by atoms with Crippen LogP contribution in [-0.2, 0) is 14.6 Å². The van der Waals surface area contributed by atoms with Gasteiger partial charge in [0.05, 0.1) is 10.6 Å². The van der Waals surface area contributed by atoms with E-state index >= 15 is 0 Å². The first-order valence-electron chi connectivity index (χ1n) is 6.31. The highest BCUT2D eigenvalue weighted by Gasteiger charge is 2.26. The van der Waals surface area contributed by atoms with E-state index in [0.717, 1.165) is 4.47 Å². The quantitative estimate of drug-likeness (QED) is 0.501. The molecule has 2 rings (SSSR count). The van der Waals surface area contributed by atoms with Crippen LogP contribution in [0.5, 0.6) is 0 Å². The van der Waals surface area contributed by atoms with E-state index in [-0.39, 0.29) is 4.90 Å². The lowest BCUT2D eigenvalue weighted by Gasteiger charge is -2.06. The minimum absolute atomic E-state index is 0.0292. The van der Waals surface area contributed by atoms with Gasteiger partial charge in [0.15, 0.2) is 5.78 Å². The van der Waals surface area contributed by atoms with Crippen LogP contribution in [0.25, 0.3) is 0 Å². The van der Waals surface area contributed by atoms with Crippen molar-refractivity contribution in [1.82, 2.24) is 0 Å². The van der Waals surface area contributed by atoms with Gasteiger partial charge in [-0.3, -0.25) is 10.2 Å². The van der Waals surface area contributed by atoms with Gasteiger partial charge in [-0.15, -0.1) is 0 Å². The SMILES string of the molecule is CC(=O)C(=NNc1ccc(Br)cc1)S(=O)(=O)c1ccccc1. The third-order valence-electron chi connectivity index (χ3n) is 2.74. The summed E-state index contributed by atoms with van der Waals surface area (Å²) in [7, 11) is -3.95. The summed E-state index contributed by atoms with van der Waals surface area (Å²) in [5.74, 6) is -0.631. The van der Waals surface area contributed by atoms with Gasteiger partial charge in [-0.2, -0.15) is 5.10 Å². The van der Waals surface area contributed by atoms with E-state index in [1.54, 1.807) is 42.5 Å². The van der Waals surface area contributed by atoms with Gasteiger partial charge in [0.25, 0.3) is 0 Å². The number of carbonyl (C=O) groups is 1. The van der Waals surface area contributed by atoms with E-state index in [0.29, 0.717) is 5.69 Å². The Morgan fingerprint density at radius 3 is 2.18 bits per heavy atom. The van der Waals surface area contributed by atoms with Crippen LogP contribution in [0.15, 0.2) is 69.1 Å². The van der Waals surface area contributed by atoms with Crippen molar-refractivity contribution in [3.05, 3.63) is 59.1 Å². The van der Waals surface area contributed by atoms with E-state index in [1.165, 1.54) is 19.1 Å². The topological polar surface area (TPSA) is 75.6 Å². The molecular weight excluding hydrogens is 368 g/mol. The smallest absolute Gasteiger partial charge is 0.229 e. The number of nitrogens with zero attached hydrogens (tertiary/aromatic N) is 1. The van der Waals surface area contributed by atoms with Gasteiger partial charge < -0.3 is 0 Å². The number of ketones is 1. The van der Waals surface area contributed by atoms with Crippen molar-refractivity contribution in [2.24, 2.45) is 5.10 Å². The molecule has 0 fully saturated rings. The average Bonchev–Trinajstić information content (AvgIpc) is 2.50. The molecule has 0 spiro atoms. The molecule has 114 valence electrons. The predicted molar refractivity (Wildman–Crippen MR) is 89.5 cm³/mol. The second kappa shape index (κ2) is 6.85. The third-order valence-corrected chi connectivity index (χ3v) is 5.05. The predicted octanol–water partition coefficient (Wildman–Crippen LogP) is 3.24. The zero-order chi connectivity index (χ0) is 16.2. The largest absolute Gasteiger partial charge is 0.292 e. The van der Waals surface area contributed by atoms with Gasteiger partial charge >= 0.3 is 0 Å². The molecule has 22 heavy (non-hydrogen) atoms. The number of anilines is 1. The number of benzene rings is 2. The Morgan fingerprint density at radius 2 is 1.64 bits per heavy atom. The highest BCUT2D eigenvalue weighted by molar-refractivity contribution is 9.10. The summed E-state index contributed by atoms with van der Waals surface area (Å²) in [5.41, 5.74) is 3.17. The summed E-state index contributed by atoms with van der Waals surface area (Å²) in [4.78, 5) is 11.7. The molecule has 0 saturated carbocycles. The molecule has 0 radical (unpaired) electrons. The molecule has 0 unspecified atom stereocenters. The number of halogens is 1. The van der Waals surface area contributed by atoms with E-state index in [1.807, 2.05) is 0 Å². The molecule has 0 aliphatic rings. The zero-order valence-corrected chi connectivity index (χ0v) is 14.1. The number of sulfone groups is 1. The minimum Gasteiger partial charge on any atom is -0.292 e. The van der Waals surface area contributed by atoms with Crippen LogP contribution in [0.3, 0.4) is 0 Å². The number of hydrazone groups is 1. The fourth-order valence-corrected chi connectivity index (χ4v) is 3.23. The summed E-state index contributed by atoms with van der Waals surface area (Å²) in [6, 6.07) is 14.7. The summed E-state index contributed by atoms with van der Waals surface area (Å²) in [5, 5.41) is 3.26. The van der Waals surface area contributed by atoms with Crippen LogP contribution in [0.2, 0.25) is 0 Å². The Labute approximate surface area is 137 Å².